The molecule has 3 aromatic carbocycles. The molecule has 186 valence electrons. The van der Waals surface area contributed by atoms with Crippen LogP contribution in [0.3, 0.4) is 0 Å². The van der Waals surface area contributed by atoms with Crippen molar-refractivity contribution in [1.82, 2.24) is 4.72 Å². The zero-order valence-corrected chi connectivity index (χ0v) is 21.3. The largest absolute Gasteiger partial charge is 0.495 e. The molecular weight excluding hydrogens is 490 g/mol. The van der Waals surface area contributed by atoms with Crippen molar-refractivity contribution in [2.75, 3.05) is 17.1 Å². The molecule has 3 N–H and O–H groups in total. The fourth-order valence-electron chi connectivity index (χ4n) is 3.18. The van der Waals surface area contributed by atoms with E-state index in [0.29, 0.717) is 0 Å². The Balaban J connectivity index is 1.85. The van der Waals surface area contributed by atoms with E-state index in [2.05, 4.69) is 14.8 Å². The number of methoxy groups -OCH3 is 1. The molecule has 0 bridgehead atoms. The summed E-state index contributed by atoms with van der Waals surface area (Å²) in [4.78, 5) is 13.0. The zero-order chi connectivity index (χ0) is 25.8. The molecule has 0 radical (unpaired) electrons. The van der Waals surface area contributed by atoms with Crippen LogP contribution in [-0.2, 0) is 20.0 Å². The smallest absolute Gasteiger partial charge is 0.261 e. The lowest BCUT2D eigenvalue weighted by Gasteiger charge is -2.14. The van der Waals surface area contributed by atoms with Crippen LogP contribution in [0.5, 0.6) is 5.75 Å². The van der Waals surface area contributed by atoms with Crippen molar-refractivity contribution in [3.8, 4) is 5.75 Å². The maximum Gasteiger partial charge on any atom is 0.261 e. The molecule has 0 aliphatic rings. The van der Waals surface area contributed by atoms with Gasteiger partial charge in [-0.1, -0.05) is 23.8 Å². The number of hydrogen-bond acceptors (Lipinski definition) is 6. The summed E-state index contributed by atoms with van der Waals surface area (Å²) in [5.41, 5.74) is 1.43. The Morgan fingerprint density at radius 1 is 0.857 bits per heavy atom. The van der Waals surface area contributed by atoms with Crippen LogP contribution in [0.4, 0.5) is 11.4 Å². The quantitative estimate of drug-likeness (QED) is 0.396. The molecule has 0 aromatic heterocycles. The van der Waals surface area contributed by atoms with Gasteiger partial charge in [-0.15, -0.1) is 0 Å². The SMILES string of the molecule is COc1ccc(S(=O)(=O)NC(C)C)cc1NC(=O)c1cccc(NS(=O)(=O)c2ccc(C)cc2)c1. The second-order valence-electron chi connectivity index (χ2n) is 8.09. The lowest BCUT2D eigenvalue weighted by atomic mass is 10.2. The van der Waals surface area contributed by atoms with Gasteiger partial charge in [0.25, 0.3) is 15.9 Å². The molecule has 0 saturated carbocycles. The molecule has 11 heteroatoms. The Labute approximate surface area is 205 Å². The predicted octanol–water partition coefficient (Wildman–Crippen LogP) is 3.74. The van der Waals surface area contributed by atoms with Crippen molar-refractivity contribution >= 4 is 37.3 Å². The van der Waals surface area contributed by atoms with Crippen molar-refractivity contribution in [3.63, 3.8) is 0 Å². The zero-order valence-electron chi connectivity index (χ0n) is 19.7. The molecule has 0 heterocycles. The summed E-state index contributed by atoms with van der Waals surface area (Å²) in [6.45, 7) is 5.25. The minimum absolute atomic E-state index is 0.0399. The van der Waals surface area contributed by atoms with Gasteiger partial charge in [-0.3, -0.25) is 9.52 Å². The Hall–Kier alpha value is -3.41. The van der Waals surface area contributed by atoms with Gasteiger partial charge in [-0.2, -0.15) is 0 Å². The number of ether oxygens (including phenoxy) is 1. The highest BCUT2D eigenvalue weighted by atomic mass is 32.2. The molecule has 35 heavy (non-hydrogen) atoms. The second-order valence-corrected chi connectivity index (χ2v) is 11.5. The van der Waals surface area contributed by atoms with E-state index in [1.165, 1.54) is 61.7 Å². The molecule has 9 nitrogen and oxygen atoms in total. The summed E-state index contributed by atoms with van der Waals surface area (Å²) in [6, 6.07) is 16.1. The van der Waals surface area contributed by atoms with Gasteiger partial charge in [-0.25, -0.2) is 21.6 Å². The highest BCUT2D eigenvalue weighted by molar-refractivity contribution is 7.92. The summed E-state index contributed by atoms with van der Waals surface area (Å²) >= 11 is 0. The number of hydrogen-bond donors (Lipinski definition) is 3. The van der Waals surface area contributed by atoms with Crippen LogP contribution >= 0.6 is 0 Å². The number of amides is 1. The first-order valence-electron chi connectivity index (χ1n) is 10.6. The van der Waals surface area contributed by atoms with E-state index in [9.17, 15) is 21.6 Å². The number of carbonyl (C=O) groups excluding carboxylic acids is 1. The van der Waals surface area contributed by atoms with Crippen molar-refractivity contribution in [2.24, 2.45) is 0 Å². The van der Waals surface area contributed by atoms with Gasteiger partial charge in [0.2, 0.25) is 10.0 Å². The minimum Gasteiger partial charge on any atom is -0.495 e. The molecule has 0 fully saturated rings. The third-order valence-electron chi connectivity index (χ3n) is 4.83. The number of benzene rings is 3. The number of aryl methyl sites for hydroxylation is 1. The van der Waals surface area contributed by atoms with E-state index in [4.69, 9.17) is 4.74 Å². The van der Waals surface area contributed by atoms with Crippen LogP contribution in [0.15, 0.2) is 76.5 Å². The van der Waals surface area contributed by atoms with E-state index in [0.717, 1.165) is 5.56 Å². The van der Waals surface area contributed by atoms with Crippen LogP contribution in [0, 0.1) is 6.92 Å². The fourth-order valence-corrected chi connectivity index (χ4v) is 5.51. The molecule has 0 atom stereocenters. The van der Waals surface area contributed by atoms with Crippen molar-refractivity contribution in [3.05, 3.63) is 77.9 Å². The number of nitrogens with one attached hydrogen (secondary N) is 3. The Kier molecular flexibility index (Phi) is 7.83. The van der Waals surface area contributed by atoms with Gasteiger partial charge in [0.05, 0.1) is 22.6 Å². The highest BCUT2D eigenvalue weighted by Gasteiger charge is 2.20. The third kappa shape index (κ3) is 6.59. The number of carbonyl (C=O) groups is 1. The summed E-state index contributed by atoms with van der Waals surface area (Å²) in [7, 11) is -6.25. The van der Waals surface area contributed by atoms with Gasteiger partial charge in [0, 0.05) is 17.3 Å². The lowest BCUT2D eigenvalue weighted by Crippen LogP contribution is -2.30. The molecule has 0 unspecified atom stereocenters. The lowest BCUT2D eigenvalue weighted by molar-refractivity contribution is 0.102. The average molecular weight is 518 g/mol. The third-order valence-corrected chi connectivity index (χ3v) is 7.88. The summed E-state index contributed by atoms with van der Waals surface area (Å²) in [5, 5.41) is 2.64. The van der Waals surface area contributed by atoms with Gasteiger partial charge in [0.15, 0.2) is 0 Å². The van der Waals surface area contributed by atoms with Crippen LogP contribution in [0.2, 0.25) is 0 Å². The Morgan fingerprint density at radius 2 is 1.51 bits per heavy atom. The normalized spacial score (nSPS) is 11.8. The minimum atomic E-state index is -3.85. The molecule has 3 rings (SSSR count). The van der Waals surface area contributed by atoms with E-state index < -0.39 is 26.0 Å². The van der Waals surface area contributed by atoms with E-state index in [-0.39, 0.29) is 38.5 Å². The maximum atomic E-state index is 12.9. The number of anilines is 2. The summed E-state index contributed by atoms with van der Waals surface area (Å²) in [6.07, 6.45) is 0. The molecule has 0 aliphatic heterocycles. The summed E-state index contributed by atoms with van der Waals surface area (Å²) in [5.74, 6) is -0.316. The van der Waals surface area contributed by atoms with Crippen LogP contribution in [0.25, 0.3) is 0 Å². The number of sulfonamides is 2. The van der Waals surface area contributed by atoms with Gasteiger partial charge < -0.3 is 10.1 Å². The Morgan fingerprint density at radius 3 is 2.14 bits per heavy atom. The predicted molar refractivity (Wildman–Crippen MR) is 135 cm³/mol. The fraction of sp³-hybridized carbons (Fsp3) is 0.208. The van der Waals surface area contributed by atoms with Crippen molar-refractivity contribution in [2.45, 2.75) is 36.6 Å². The average Bonchev–Trinajstić information content (AvgIpc) is 2.78. The van der Waals surface area contributed by atoms with Crippen molar-refractivity contribution < 1.29 is 26.4 Å². The van der Waals surface area contributed by atoms with E-state index in [1.54, 1.807) is 26.0 Å². The molecule has 0 saturated heterocycles. The molecular formula is C24H27N3O6S2. The molecule has 0 aliphatic carbocycles. The van der Waals surface area contributed by atoms with Gasteiger partial charge in [0.1, 0.15) is 5.75 Å². The number of rotatable bonds is 9. The first-order chi connectivity index (χ1) is 16.4. The first-order valence-corrected chi connectivity index (χ1v) is 13.6. The molecule has 1 amide bonds. The summed E-state index contributed by atoms with van der Waals surface area (Å²) < 4.78 is 60.6. The standard InChI is InChI=1S/C24H27N3O6S2/c1-16(2)26-35(31,32)21-12-13-23(33-4)22(15-21)25-24(28)18-6-5-7-19(14-18)27-34(29,30)20-10-8-17(3)9-11-20/h5-16,26-27H,1-4H3,(H,25,28). The van der Waals surface area contributed by atoms with E-state index >= 15 is 0 Å². The second kappa shape index (κ2) is 10.5. The molecule has 3 aromatic rings. The van der Waals surface area contributed by atoms with Gasteiger partial charge >= 0.3 is 0 Å². The van der Waals surface area contributed by atoms with Crippen LogP contribution in [-0.4, -0.2) is 35.9 Å². The van der Waals surface area contributed by atoms with Crippen LogP contribution in [0.1, 0.15) is 29.8 Å². The van der Waals surface area contributed by atoms with Crippen LogP contribution < -0.4 is 19.5 Å². The highest BCUT2D eigenvalue weighted by Crippen LogP contribution is 2.28. The monoisotopic (exact) mass is 517 g/mol. The van der Waals surface area contributed by atoms with E-state index in [1.807, 2.05) is 6.92 Å². The van der Waals surface area contributed by atoms with Crippen molar-refractivity contribution in [1.29, 1.82) is 0 Å². The topological polar surface area (TPSA) is 131 Å². The first kappa shape index (κ1) is 26.2. The van der Waals surface area contributed by atoms with Gasteiger partial charge in [-0.05, 0) is 69.3 Å². The molecule has 0 spiro atoms. The Bertz CT molecular complexity index is 1430. The maximum absolute atomic E-state index is 12.9.